The van der Waals surface area contributed by atoms with Crippen molar-refractivity contribution >= 4 is 0 Å². The van der Waals surface area contributed by atoms with E-state index in [4.69, 9.17) is 0 Å². The molecule has 2 unspecified atom stereocenters. The maximum Gasteiger partial charge on any atom is 0.0474 e. The Balaban J connectivity index is 1.75. The first-order chi connectivity index (χ1) is 7.90. The zero-order chi connectivity index (χ0) is 11.2. The van der Waals surface area contributed by atoms with Crippen molar-refractivity contribution in [3.8, 4) is 0 Å². The second-order valence-electron chi connectivity index (χ2n) is 5.75. The minimum Gasteiger partial charge on any atom is -0.396 e. The van der Waals surface area contributed by atoms with E-state index in [1.807, 2.05) is 0 Å². The predicted octanol–water partition coefficient (Wildman–Crippen LogP) is 2.71. The molecule has 0 aromatic carbocycles. The lowest BCUT2D eigenvalue weighted by Gasteiger charge is -2.26. The first-order valence-electron chi connectivity index (χ1n) is 7.24. The lowest BCUT2D eigenvalue weighted by atomic mass is 9.95. The summed E-state index contributed by atoms with van der Waals surface area (Å²) in [4.78, 5) is 0. The molecular weight excluding hydrogens is 198 g/mol. The van der Waals surface area contributed by atoms with Crippen molar-refractivity contribution in [2.75, 3.05) is 13.2 Å². The topological polar surface area (TPSA) is 32.3 Å². The van der Waals surface area contributed by atoms with E-state index in [2.05, 4.69) is 5.32 Å². The van der Waals surface area contributed by atoms with Crippen molar-refractivity contribution < 1.29 is 5.11 Å². The Kier molecular flexibility index (Phi) is 5.11. The second-order valence-corrected chi connectivity index (χ2v) is 5.75. The van der Waals surface area contributed by atoms with E-state index in [1.54, 1.807) is 0 Å². The molecule has 2 rings (SSSR count). The maximum absolute atomic E-state index is 9.44. The van der Waals surface area contributed by atoms with Crippen LogP contribution >= 0.6 is 0 Å². The Morgan fingerprint density at radius 3 is 2.31 bits per heavy atom. The third kappa shape index (κ3) is 3.46. The fourth-order valence-electron chi connectivity index (χ4n) is 3.40. The number of aliphatic hydroxyl groups is 1. The number of nitrogens with one attached hydrogen (secondary N) is 1. The number of hydrogen-bond donors (Lipinski definition) is 2. The normalized spacial score (nSPS) is 32.8. The van der Waals surface area contributed by atoms with Gasteiger partial charge in [-0.05, 0) is 44.1 Å². The Bertz CT molecular complexity index is 189. The first-order valence-corrected chi connectivity index (χ1v) is 7.24. The zero-order valence-corrected chi connectivity index (χ0v) is 10.5. The highest BCUT2D eigenvalue weighted by atomic mass is 16.3. The lowest BCUT2D eigenvalue weighted by Crippen LogP contribution is -2.39. The molecule has 2 aliphatic rings. The van der Waals surface area contributed by atoms with Gasteiger partial charge in [0.15, 0.2) is 0 Å². The average Bonchev–Trinajstić information content (AvgIpc) is 2.71. The molecule has 94 valence electrons. The third-order valence-electron chi connectivity index (χ3n) is 4.54. The Labute approximate surface area is 99.8 Å². The Morgan fingerprint density at radius 1 is 0.875 bits per heavy atom. The van der Waals surface area contributed by atoms with Crippen molar-refractivity contribution in [1.82, 2.24) is 5.32 Å². The van der Waals surface area contributed by atoms with E-state index in [9.17, 15) is 5.11 Å². The van der Waals surface area contributed by atoms with Gasteiger partial charge in [0.25, 0.3) is 0 Å². The maximum atomic E-state index is 9.44. The molecule has 0 bridgehead atoms. The molecule has 16 heavy (non-hydrogen) atoms. The summed E-state index contributed by atoms with van der Waals surface area (Å²) in [7, 11) is 0. The Hall–Kier alpha value is -0.0800. The van der Waals surface area contributed by atoms with Crippen molar-refractivity contribution in [1.29, 1.82) is 0 Å². The van der Waals surface area contributed by atoms with Gasteiger partial charge < -0.3 is 10.4 Å². The highest BCUT2D eigenvalue weighted by Gasteiger charge is 2.24. The largest absolute Gasteiger partial charge is 0.396 e. The molecule has 2 nitrogen and oxygen atoms in total. The third-order valence-corrected chi connectivity index (χ3v) is 4.54. The van der Waals surface area contributed by atoms with E-state index in [0.29, 0.717) is 18.6 Å². The molecule has 2 aliphatic carbocycles. The fourth-order valence-corrected chi connectivity index (χ4v) is 3.40. The molecule has 2 heteroatoms. The van der Waals surface area contributed by atoms with Crippen molar-refractivity contribution in [2.24, 2.45) is 11.8 Å². The van der Waals surface area contributed by atoms with Crippen LogP contribution in [0.1, 0.15) is 57.8 Å². The summed E-state index contributed by atoms with van der Waals surface area (Å²) in [6, 6.07) is 0.591. The second kappa shape index (κ2) is 6.61. The van der Waals surface area contributed by atoms with Crippen molar-refractivity contribution in [3.05, 3.63) is 0 Å². The number of rotatable bonds is 4. The summed E-state index contributed by atoms with van der Waals surface area (Å²) in [5, 5.41) is 13.2. The van der Waals surface area contributed by atoms with Gasteiger partial charge in [0.05, 0.1) is 0 Å². The molecule has 0 aromatic rings. The monoisotopic (exact) mass is 225 g/mol. The van der Waals surface area contributed by atoms with E-state index in [0.717, 1.165) is 5.92 Å². The van der Waals surface area contributed by atoms with E-state index >= 15 is 0 Å². The smallest absolute Gasteiger partial charge is 0.0474 e. The molecule has 0 saturated heterocycles. The summed E-state index contributed by atoms with van der Waals surface area (Å²) in [6.07, 6.45) is 12.2. The van der Waals surface area contributed by atoms with Crippen LogP contribution in [0.5, 0.6) is 0 Å². The first kappa shape index (κ1) is 12.4. The summed E-state index contributed by atoms with van der Waals surface area (Å²) in [6.45, 7) is 1.57. The van der Waals surface area contributed by atoms with Crippen LogP contribution in [0, 0.1) is 11.8 Å². The molecule has 0 amide bonds. The van der Waals surface area contributed by atoms with Gasteiger partial charge in [-0.1, -0.05) is 32.1 Å². The van der Waals surface area contributed by atoms with Crippen molar-refractivity contribution in [2.45, 2.75) is 63.8 Å². The molecule has 2 saturated carbocycles. The summed E-state index contributed by atoms with van der Waals surface area (Å²) >= 11 is 0. The molecule has 2 N–H and O–H groups in total. The van der Waals surface area contributed by atoms with E-state index in [-0.39, 0.29) is 0 Å². The fraction of sp³-hybridized carbons (Fsp3) is 1.00. The van der Waals surface area contributed by atoms with Crippen LogP contribution in [0.2, 0.25) is 0 Å². The van der Waals surface area contributed by atoms with Gasteiger partial charge in [-0.3, -0.25) is 0 Å². The van der Waals surface area contributed by atoms with Gasteiger partial charge in [-0.15, -0.1) is 0 Å². The van der Waals surface area contributed by atoms with Crippen LogP contribution in [-0.4, -0.2) is 24.3 Å². The van der Waals surface area contributed by atoms with Gasteiger partial charge in [-0.2, -0.15) is 0 Å². The molecular formula is C14H27NO. The van der Waals surface area contributed by atoms with Gasteiger partial charge in [0, 0.05) is 12.6 Å². The molecule has 0 spiro atoms. The quantitative estimate of drug-likeness (QED) is 0.721. The molecule has 0 aliphatic heterocycles. The SMILES string of the molecule is OCC1CCCCCC1NCC1CCCC1. The zero-order valence-electron chi connectivity index (χ0n) is 10.5. The summed E-state index contributed by atoms with van der Waals surface area (Å²) < 4.78 is 0. The lowest BCUT2D eigenvalue weighted by molar-refractivity contribution is 0.178. The summed E-state index contributed by atoms with van der Waals surface area (Å²) in [5.41, 5.74) is 0. The van der Waals surface area contributed by atoms with Crippen LogP contribution in [-0.2, 0) is 0 Å². The van der Waals surface area contributed by atoms with Gasteiger partial charge in [0.2, 0.25) is 0 Å². The number of hydrogen-bond acceptors (Lipinski definition) is 2. The molecule has 2 atom stereocenters. The van der Waals surface area contributed by atoms with Crippen LogP contribution in [0.4, 0.5) is 0 Å². The van der Waals surface area contributed by atoms with Crippen LogP contribution in [0.3, 0.4) is 0 Å². The van der Waals surface area contributed by atoms with E-state index in [1.165, 1.54) is 64.3 Å². The molecule has 0 radical (unpaired) electrons. The minimum atomic E-state index is 0.377. The molecule has 0 heterocycles. The van der Waals surface area contributed by atoms with Crippen LogP contribution in [0.15, 0.2) is 0 Å². The standard InChI is InChI=1S/C14H27NO/c16-11-13-8-2-1-3-9-14(13)15-10-12-6-4-5-7-12/h12-16H,1-11H2. The van der Waals surface area contributed by atoms with Crippen molar-refractivity contribution in [3.63, 3.8) is 0 Å². The minimum absolute atomic E-state index is 0.377. The summed E-state index contributed by atoms with van der Waals surface area (Å²) in [5.74, 6) is 1.44. The highest BCUT2D eigenvalue weighted by Crippen LogP contribution is 2.26. The predicted molar refractivity (Wildman–Crippen MR) is 67.4 cm³/mol. The molecule has 0 aromatic heterocycles. The number of aliphatic hydroxyl groups excluding tert-OH is 1. The molecule has 2 fully saturated rings. The van der Waals surface area contributed by atoms with Gasteiger partial charge in [-0.25, -0.2) is 0 Å². The Morgan fingerprint density at radius 2 is 1.56 bits per heavy atom. The average molecular weight is 225 g/mol. The van der Waals surface area contributed by atoms with Crippen LogP contribution < -0.4 is 5.32 Å². The van der Waals surface area contributed by atoms with E-state index < -0.39 is 0 Å². The van der Waals surface area contributed by atoms with Gasteiger partial charge in [0.1, 0.15) is 0 Å². The highest BCUT2D eigenvalue weighted by molar-refractivity contribution is 4.81. The van der Waals surface area contributed by atoms with Crippen LogP contribution in [0.25, 0.3) is 0 Å². The van der Waals surface area contributed by atoms with Gasteiger partial charge >= 0.3 is 0 Å².